The summed E-state index contributed by atoms with van der Waals surface area (Å²) in [6, 6.07) is 22.8. The number of methoxy groups -OCH3 is 2. The molecule has 2 N–H and O–H groups in total. The van der Waals surface area contributed by atoms with Gasteiger partial charge in [-0.2, -0.15) is 0 Å². The van der Waals surface area contributed by atoms with Gasteiger partial charge in [-0.1, -0.05) is 49.2 Å². The summed E-state index contributed by atoms with van der Waals surface area (Å²) in [6.45, 7) is 0.492. The van der Waals surface area contributed by atoms with Crippen molar-refractivity contribution in [2.24, 2.45) is 0 Å². The normalized spacial score (nSPS) is 14.2. The molecule has 1 fully saturated rings. The lowest BCUT2D eigenvalue weighted by molar-refractivity contribution is -0.121. The van der Waals surface area contributed by atoms with E-state index in [9.17, 15) is 9.59 Å². The second-order valence-electron chi connectivity index (χ2n) is 8.88. The molecule has 0 heterocycles. The van der Waals surface area contributed by atoms with Crippen molar-refractivity contribution in [3.05, 3.63) is 89.5 Å². The Morgan fingerprint density at radius 3 is 2.20 bits per heavy atom. The van der Waals surface area contributed by atoms with Gasteiger partial charge in [0.15, 0.2) is 11.5 Å². The maximum atomic E-state index is 13.3. The molecule has 2 amide bonds. The molecule has 6 nitrogen and oxygen atoms in total. The molecule has 3 aromatic carbocycles. The van der Waals surface area contributed by atoms with Crippen molar-refractivity contribution in [1.29, 1.82) is 0 Å². The molecule has 0 saturated heterocycles. The average Bonchev–Trinajstić information content (AvgIpc) is 3.41. The van der Waals surface area contributed by atoms with E-state index in [0.29, 0.717) is 35.7 Å². The number of amides is 2. The highest BCUT2D eigenvalue weighted by molar-refractivity contribution is 6.00. The number of rotatable bonds is 9. The van der Waals surface area contributed by atoms with Gasteiger partial charge < -0.3 is 20.1 Å². The lowest BCUT2D eigenvalue weighted by Crippen LogP contribution is -2.38. The minimum absolute atomic E-state index is 0.0216. The van der Waals surface area contributed by atoms with Gasteiger partial charge in [-0.3, -0.25) is 9.59 Å². The third kappa shape index (κ3) is 5.48. The summed E-state index contributed by atoms with van der Waals surface area (Å²) >= 11 is 0. The molecule has 1 saturated carbocycles. The van der Waals surface area contributed by atoms with E-state index in [1.807, 2.05) is 48.5 Å². The van der Waals surface area contributed by atoms with Gasteiger partial charge in [0.05, 0.1) is 19.6 Å². The van der Waals surface area contributed by atoms with Gasteiger partial charge in [-0.05, 0) is 66.8 Å². The molecule has 1 aliphatic rings. The van der Waals surface area contributed by atoms with Crippen molar-refractivity contribution < 1.29 is 19.1 Å². The van der Waals surface area contributed by atoms with Gasteiger partial charge in [-0.15, -0.1) is 0 Å². The molecule has 0 aliphatic heterocycles. The fraction of sp³-hybridized carbons (Fsp3) is 0.310. The number of hydrogen-bond acceptors (Lipinski definition) is 4. The summed E-state index contributed by atoms with van der Waals surface area (Å²) in [5, 5.41) is 6.03. The van der Waals surface area contributed by atoms with Crippen LogP contribution in [0.5, 0.6) is 11.5 Å². The number of nitrogens with one attached hydrogen (secondary N) is 2. The number of benzene rings is 3. The highest BCUT2D eigenvalue weighted by Crippen LogP contribution is 2.42. The largest absolute Gasteiger partial charge is 0.493 e. The van der Waals surface area contributed by atoms with Crippen LogP contribution in [0.4, 0.5) is 5.69 Å². The first-order chi connectivity index (χ1) is 17.1. The molecule has 0 unspecified atom stereocenters. The topological polar surface area (TPSA) is 76.7 Å². The zero-order valence-electron chi connectivity index (χ0n) is 20.3. The SMILES string of the molecule is COc1ccc(CCNC(=O)c2ccc(NC(=O)C3(c4ccccc4)CCCC3)cc2)cc1OC. The van der Waals surface area contributed by atoms with Gasteiger partial charge in [0.25, 0.3) is 5.91 Å². The van der Waals surface area contributed by atoms with Gasteiger partial charge >= 0.3 is 0 Å². The van der Waals surface area contributed by atoms with Crippen LogP contribution in [0.2, 0.25) is 0 Å². The van der Waals surface area contributed by atoms with Crippen LogP contribution in [0, 0.1) is 0 Å². The Hall–Kier alpha value is -3.80. The second-order valence-corrected chi connectivity index (χ2v) is 8.88. The predicted octanol–water partition coefficient (Wildman–Crippen LogP) is 5.13. The summed E-state index contributed by atoms with van der Waals surface area (Å²) < 4.78 is 10.6. The molecule has 0 radical (unpaired) electrons. The zero-order valence-corrected chi connectivity index (χ0v) is 20.3. The van der Waals surface area contributed by atoms with Gasteiger partial charge in [0.2, 0.25) is 5.91 Å². The zero-order chi connectivity index (χ0) is 24.7. The summed E-state index contributed by atoms with van der Waals surface area (Å²) in [7, 11) is 3.20. The van der Waals surface area contributed by atoms with E-state index >= 15 is 0 Å². The highest BCUT2D eigenvalue weighted by Gasteiger charge is 2.42. The van der Waals surface area contributed by atoms with Crippen molar-refractivity contribution in [2.75, 3.05) is 26.1 Å². The summed E-state index contributed by atoms with van der Waals surface area (Å²) in [6.07, 6.45) is 4.46. The number of hydrogen-bond donors (Lipinski definition) is 2. The van der Waals surface area contributed by atoms with E-state index in [4.69, 9.17) is 9.47 Å². The summed E-state index contributed by atoms with van der Waals surface area (Å²) in [5.74, 6) is 1.21. The molecule has 35 heavy (non-hydrogen) atoms. The van der Waals surface area contributed by atoms with Crippen LogP contribution in [0.3, 0.4) is 0 Å². The van der Waals surface area contributed by atoms with E-state index < -0.39 is 5.41 Å². The quantitative estimate of drug-likeness (QED) is 0.453. The smallest absolute Gasteiger partial charge is 0.251 e. The first-order valence-electron chi connectivity index (χ1n) is 12.0. The van der Waals surface area contributed by atoms with Crippen LogP contribution >= 0.6 is 0 Å². The molecule has 182 valence electrons. The number of carbonyl (C=O) groups is 2. The van der Waals surface area contributed by atoms with Crippen molar-refractivity contribution in [2.45, 2.75) is 37.5 Å². The molecule has 0 atom stereocenters. The lowest BCUT2D eigenvalue weighted by atomic mass is 9.78. The molecule has 1 aliphatic carbocycles. The van der Waals surface area contributed by atoms with Crippen molar-refractivity contribution in [3.63, 3.8) is 0 Å². The number of carbonyl (C=O) groups excluding carboxylic acids is 2. The Kier molecular flexibility index (Phi) is 7.70. The molecule has 0 aromatic heterocycles. The van der Waals surface area contributed by atoms with Gasteiger partial charge in [0, 0.05) is 17.8 Å². The van der Waals surface area contributed by atoms with Crippen molar-refractivity contribution >= 4 is 17.5 Å². The van der Waals surface area contributed by atoms with E-state index in [0.717, 1.165) is 36.8 Å². The molecule has 3 aromatic rings. The van der Waals surface area contributed by atoms with Crippen LogP contribution in [0.15, 0.2) is 72.8 Å². The van der Waals surface area contributed by atoms with Gasteiger partial charge in [-0.25, -0.2) is 0 Å². The Morgan fingerprint density at radius 1 is 0.857 bits per heavy atom. The molecule has 0 spiro atoms. The average molecular weight is 473 g/mol. The standard InChI is InChI=1S/C29H32N2O4/c1-34-25-15-10-21(20-26(25)35-2)16-19-30-27(32)22-11-13-24(14-12-22)31-28(33)29(17-6-7-18-29)23-8-4-3-5-9-23/h3-5,8-15,20H,6-7,16-19H2,1-2H3,(H,30,32)(H,31,33). The first-order valence-corrected chi connectivity index (χ1v) is 12.0. The minimum Gasteiger partial charge on any atom is -0.493 e. The van der Waals surface area contributed by atoms with E-state index in [1.165, 1.54) is 0 Å². The third-order valence-electron chi connectivity index (χ3n) is 6.77. The Balaban J connectivity index is 1.34. The predicted molar refractivity (Wildman–Crippen MR) is 137 cm³/mol. The van der Waals surface area contributed by atoms with Crippen LogP contribution in [-0.2, 0) is 16.6 Å². The fourth-order valence-electron chi connectivity index (χ4n) is 4.80. The van der Waals surface area contributed by atoms with Crippen LogP contribution in [-0.4, -0.2) is 32.6 Å². The van der Waals surface area contributed by atoms with E-state index in [2.05, 4.69) is 10.6 Å². The minimum atomic E-state index is -0.485. The maximum Gasteiger partial charge on any atom is 0.251 e. The number of anilines is 1. The lowest BCUT2D eigenvalue weighted by Gasteiger charge is -2.28. The Labute approximate surface area is 206 Å². The van der Waals surface area contributed by atoms with Crippen LogP contribution < -0.4 is 20.1 Å². The molecular formula is C29H32N2O4. The van der Waals surface area contributed by atoms with Crippen LogP contribution in [0.1, 0.15) is 47.2 Å². The fourth-order valence-corrected chi connectivity index (χ4v) is 4.80. The summed E-state index contributed by atoms with van der Waals surface area (Å²) in [4.78, 5) is 25.9. The molecule has 4 rings (SSSR count). The van der Waals surface area contributed by atoms with Crippen molar-refractivity contribution in [3.8, 4) is 11.5 Å². The van der Waals surface area contributed by atoms with Gasteiger partial charge in [0.1, 0.15) is 0 Å². The third-order valence-corrected chi connectivity index (χ3v) is 6.77. The maximum absolute atomic E-state index is 13.3. The molecule has 6 heteroatoms. The van der Waals surface area contributed by atoms with E-state index in [-0.39, 0.29) is 11.8 Å². The highest BCUT2D eigenvalue weighted by atomic mass is 16.5. The first kappa shape index (κ1) is 24.3. The number of ether oxygens (including phenoxy) is 2. The van der Waals surface area contributed by atoms with Crippen LogP contribution in [0.25, 0.3) is 0 Å². The Morgan fingerprint density at radius 2 is 1.54 bits per heavy atom. The summed E-state index contributed by atoms with van der Waals surface area (Å²) in [5.41, 5.74) is 2.87. The molecule has 0 bridgehead atoms. The monoisotopic (exact) mass is 472 g/mol. The van der Waals surface area contributed by atoms with Crippen molar-refractivity contribution in [1.82, 2.24) is 5.32 Å². The van der Waals surface area contributed by atoms with E-state index in [1.54, 1.807) is 38.5 Å². The Bertz CT molecular complexity index is 1150. The molecular weight excluding hydrogens is 440 g/mol. The second kappa shape index (κ2) is 11.1.